The highest BCUT2D eigenvalue weighted by molar-refractivity contribution is 8.19. The number of likely N-dealkylation sites (tertiary alicyclic amines) is 1. The smallest absolute Gasteiger partial charge is 0.251 e. The molecule has 4 rings (SSSR count). The number of rotatable bonds is 6. The third kappa shape index (κ3) is 5.80. The van der Waals surface area contributed by atoms with Crippen LogP contribution in [0.5, 0.6) is 0 Å². The average molecular weight is 427 g/mol. The Morgan fingerprint density at radius 3 is 2.24 bits per heavy atom. The zero-order valence-corrected chi connectivity index (χ0v) is 18.7. The van der Waals surface area contributed by atoms with Gasteiger partial charge in [0.2, 0.25) is 0 Å². The molecule has 0 aromatic heterocycles. The van der Waals surface area contributed by atoms with Crippen molar-refractivity contribution in [3.8, 4) is 0 Å². The Morgan fingerprint density at radius 2 is 1.59 bits per heavy atom. The van der Waals surface area contributed by atoms with Crippen LogP contribution in [-0.2, 0) is 13.1 Å². The summed E-state index contributed by atoms with van der Waals surface area (Å²) in [5, 5.41) is 3.05. The summed E-state index contributed by atoms with van der Waals surface area (Å²) in [6, 6.07) is 16.8. The molecule has 0 spiro atoms. The Hall–Kier alpha value is -1.43. The van der Waals surface area contributed by atoms with Crippen molar-refractivity contribution in [2.24, 2.45) is 5.92 Å². The van der Waals surface area contributed by atoms with Crippen molar-refractivity contribution in [3.63, 3.8) is 0 Å². The zero-order chi connectivity index (χ0) is 20.1. The summed E-state index contributed by atoms with van der Waals surface area (Å²) in [6.07, 6.45) is 2.62. The predicted molar refractivity (Wildman–Crippen MR) is 125 cm³/mol. The van der Waals surface area contributed by atoms with Crippen LogP contribution in [-0.4, -0.2) is 35.4 Å². The van der Waals surface area contributed by atoms with E-state index in [2.05, 4.69) is 53.5 Å². The maximum atomic E-state index is 12.5. The molecule has 29 heavy (non-hydrogen) atoms. The van der Waals surface area contributed by atoms with Crippen LogP contribution in [0.2, 0.25) is 0 Å². The standard InChI is InChI=1S/C24H30N2OS2/c1-18-10-12-26(13-11-18)17-20-4-2-19(3-5-20)16-25-23(27)21-6-8-22(9-7-21)24-28-14-15-29-24/h2-9,18,24H,10-17H2,1H3,(H,25,27). The second-order valence-corrected chi connectivity index (χ2v) is 10.9. The van der Waals surface area contributed by atoms with Crippen LogP contribution in [0, 0.1) is 5.92 Å². The fourth-order valence-corrected chi connectivity index (χ4v) is 6.73. The van der Waals surface area contributed by atoms with Gasteiger partial charge in [-0.25, -0.2) is 0 Å². The molecule has 0 aliphatic carbocycles. The van der Waals surface area contributed by atoms with Gasteiger partial charge in [-0.05, 0) is 60.7 Å². The second-order valence-electron chi connectivity index (χ2n) is 8.15. The summed E-state index contributed by atoms with van der Waals surface area (Å²) >= 11 is 3.98. The number of carbonyl (C=O) groups is 1. The molecule has 0 atom stereocenters. The molecule has 3 nitrogen and oxygen atoms in total. The van der Waals surface area contributed by atoms with E-state index in [0.717, 1.165) is 23.6 Å². The first-order chi connectivity index (χ1) is 14.2. The van der Waals surface area contributed by atoms with Crippen molar-refractivity contribution < 1.29 is 4.79 Å². The number of nitrogens with one attached hydrogen (secondary N) is 1. The second kappa shape index (κ2) is 10.1. The van der Waals surface area contributed by atoms with E-state index in [1.165, 1.54) is 48.6 Å². The third-order valence-corrected chi connectivity index (χ3v) is 8.93. The Balaban J connectivity index is 1.25. The highest BCUT2D eigenvalue weighted by atomic mass is 32.2. The topological polar surface area (TPSA) is 32.3 Å². The molecule has 5 heteroatoms. The van der Waals surface area contributed by atoms with Gasteiger partial charge in [-0.15, -0.1) is 23.5 Å². The van der Waals surface area contributed by atoms with Gasteiger partial charge in [-0.1, -0.05) is 43.3 Å². The summed E-state index contributed by atoms with van der Waals surface area (Å²) in [5.41, 5.74) is 4.54. The van der Waals surface area contributed by atoms with Crippen LogP contribution in [0.4, 0.5) is 0 Å². The van der Waals surface area contributed by atoms with Crippen molar-refractivity contribution in [1.29, 1.82) is 0 Å². The number of hydrogen-bond donors (Lipinski definition) is 1. The quantitative estimate of drug-likeness (QED) is 0.677. The molecular formula is C24H30N2OS2. The van der Waals surface area contributed by atoms with Crippen molar-refractivity contribution in [1.82, 2.24) is 10.2 Å². The van der Waals surface area contributed by atoms with Gasteiger partial charge in [0, 0.05) is 30.2 Å². The molecule has 2 aromatic carbocycles. The van der Waals surface area contributed by atoms with Gasteiger partial charge in [0.15, 0.2) is 0 Å². The minimum Gasteiger partial charge on any atom is -0.348 e. The normalized spacial score (nSPS) is 18.8. The summed E-state index contributed by atoms with van der Waals surface area (Å²) in [6.45, 7) is 6.36. The lowest BCUT2D eigenvalue weighted by atomic mass is 9.99. The number of thioether (sulfide) groups is 2. The van der Waals surface area contributed by atoms with Gasteiger partial charge in [0.05, 0.1) is 4.58 Å². The largest absolute Gasteiger partial charge is 0.348 e. The molecule has 2 saturated heterocycles. The van der Waals surface area contributed by atoms with E-state index in [1.807, 2.05) is 35.7 Å². The number of nitrogens with zero attached hydrogens (tertiary/aromatic N) is 1. The average Bonchev–Trinajstić information content (AvgIpc) is 3.30. The summed E-state index contributed by atoms with van der Waals surface area (Å²) in [4.78, 5) is 15.0. The molecule has 154 valence electrons. The van der Waals surface area contributed by atoms with Crippen molar-refractivity contribution in [3.05, 3.63) is 70.8 Å². The molecule has 0 saturated carbocycles. The molecular weight excluding hydrogens is 396 g/mol. The summed E-state index contributed by atoms with van der Waals surface area (Å²) in [5.74, 6) is 3.30. The van der Waals surface area contributed by atoms with Gasteiger partial charge in [0.25, 0.3) is 5.91 Å². The van der Waals surface area contributed by atoms with Crippen LogP contribution < -0.4 is 5.32 Å². The third-order valence-electron chi connectivity index (χ3n) is 5.83. The van der Waals surface area contributed by atoms with Gasteiger partial charge in [-0.3, -0.25) is 9.69 Å². The summed E-state index contributed by atoms with van der Waals surface area (Å²) < 4.78 is 0.527. The van der Waals surface area contributed by atoms with Crippen molar-refractivity contribution in [2.75, 3.05) is 24.6 Å². The summed E-state index contributed by atoms with van der Waals surface area (Å²) in [7, 11) is 0. The van der Waals surface area contributed by atoms with Crippen LogP contribution in [0.15, 0.2) is 48.5 Å². The van der Waals surface area contributed by atoms with Crippen LogP contribution in [0.3, 0.4) is 0 Å². The lowest BCUT2D eigenvalue weighted by molar-refractivity contribution is 0.0951. The number of carbonyl (C=O) groups excluding carboxylic acids is 1. The molecule has 0 bridgehead atoms. The van der Waals surface area contributed by atoms with Gasteiger partial charge >= 0.3 is 0 Å². The van der Waals surface area contributed by atoms with Crippen LogP contribution in [0.1, 0.15) is 51.4 Å². The zero-order valence-electron chi connectivity index (χ0n) is 17.1. The number of amides is 1. The van der Waals surface area contributed by atoms with E-state index in [1.54, 1.807) is 0 Å². The molecule has 2 aliphatic rings. The SMILES string of the molecule is CC1CCN(Cc2ccc(CNC(=O)c3ccc(C4SCCS4)cc3)cc2)CC1. The Morgan fingerprint density at radius 1 is 0.966 bits per heavy atom. The van der Waals surface area contributed by atoms with Crippen LogP contribution >= 0.6 is 23.5 Å². The molecule has 2 aromatic rings. The fourth-order valence-electron chi connectivity index (χ4n) is 3.87. The minimum atomic E-state index is -0.00482. The molecule has 2 fully saturated rings. The monoisotopic (exact) mass is 426 g/mol. The van der Waals surface area contributed by atoms with Gasteiger partial charge in [0.1, 0.15) is 0 Å². The molecule has 2 heterocycles. The lowest BCUT2D eigenvalue weighted by Gasteiger charge is -2.30. The number of hydrogen-bond acceptors (Lipinski definition) is 4. The van der Waals surface area contributed by atoms with Gasteiger partial charge < -0.3 is 5.32 Å². The highest BCUT2D eigenvalue weighted by Crippen LogP contribution is 2.45. The first-order valence-electron chi connectivity index (χ1n) is 10.6. The molecule has 0 unspecified atom stereocenters. The maximum Gasteiger partial charge on any atom is 0.251 e. The first-order valence-corrected chi connectivity index (χ1v) is 12.7. The van der Waals surface area contributed by atoms with E-state index in [4.69, 9.17) is 0 Å². The Kier molecular flexibility index (Phi) is 7.22. The fraction of sp³-hybridized carbons (Fsp3) is 0.458. The van der Waals surface area contributed by atoms with Crippen molar-refractivity contribution in [2.45, 2.75) is 37.4 Å². The minimum absolute atomic E-state index is 0.00482. The highest BCUT2D eigenvalue weighted by Gasteiger charge is 2.18. The lowest BCUT2D eigenvalue weighted by Crippen LogP contribution is -2.32. The van der Waals surface area contributed by atoms with Crippen LogP contribution in [0.25, 0.3) is 0 Å². The number of benzene rings is 2. The molecule has 0 radical (unpaired) electrons. The van der Waals surface area contributed by atoms with Crippen molar-refractivity contribution >= 4 is 29.4 Å². The van der Waals surface area contributed by atoms with E-state index >= 15 is 0 Å². The molecule has 1 N–H and O–H groups in total. The first kappa shape index (κ1) is 20.8. The number of piperidine rings is 1. The van der Waals surface area contributed by atoms with E-state index in [9.17, 15) is 4.79 Å². The van der Waals surface area contributed by atoms with E-state index in [-0.39, 0.29) is 5.91 Å². The maximum absolute atomic E-state index is 12.5. The Bertz CT molecular complexity index is 793. The van der Waals surface area contributed by atoms with E-state index in [0.29, 0.717) is 11.1 Å². The molecule has 2 aliphatic heterocycles. The van der Waals surface area contributed by atoms with Gasteiger partial charge in [-0.2, -0.15) is 0 Å². The molecule has 1 amide bonds. The predicted octanol–water partition coefficient (Wildman–Crippen LogP) is 5.33. The van der Waals surface area contributed by atoms with E-state index < -0.39 is 0 Å². The Labute approximate surface area is 183 Å².